The van der Waals surface area contributed by atoms with Crippen molar-refractivity contribution in [1.82, 2.24) is 14.5 Å². The number of carbonyl (C=O) groups is 1. The van der Waals surface area contributed by atoms with Crippen LogP contribution in [0.4, 0.5) is 18.3 Å². The van der Waals surface area contributed by atoms with Gasteiger partial charge in [0.1, 0.15) is 0 Å². The first-order valence-corrected chi connectivity index (χ1v) is 11.5. The minimum absolute atomic E-state index is 0.0309. The number of anilines is 1. The molecule has 0 N–H and O–H groups in total. The van der Waals surface area contributed by atoms with Crippen molar-refractivity contribution in [1.29, 1.82) is 0 Å². The normalized spacial score (nSPS) is 19.1. The van der Waals surface area contributed by atoms with E-state index in [9.17, 15) is 22.8 Å². The van der Waals surface area contributed by atoms with Gasteiger partial charge in [0.15, 0.2) is 21.3 Å². The van der Waals surface area contributed by atoms with Crippen molar-refractivity contribution >= 4 is 32.6 Å². The number of carbonyl (C=O) groups excluding carboxylic acids is 1. The standard InChI is InChI=1S/C22H21F3N4O2S/c23-22(24,25)20-27-18-17(19(31)29(20)14-9-10-14)26-21(32-18)28-12-4-7-15(28)16(30)11-8-13-5-2-1-3-6-13/h1-3,5-6,14-15H,4,7-12H2/t15-/m1/s1. The number of hydrogen-bond acceptors (Lipinski definition) is 6. The molecule has 0 radical (unpaired) electrons. The van der Waals surface area contributed by atoms with Crippen molar-refractivity contribution in [3.8, 4) is 0 Å². The summed E-state index contributed by atoms with van der Waals surface area (Å²) in [7, 11) is 0. The topological polar surface area (TPSA) is 68.1 Å². The van der Waals surface area contributed by atoms with Gasteiger partial charge in [-0.05, 0) is 37.7 Å². The third kappa shape index (κ3) is 3.92. The molecule has 1 aromatic carbocycles. The number of ketones is 1. The van der Waals surface area contributed by atoms with E-state index in [2.05, 4.69) is 9.97 Å². The molecule has 10 heteroatoms. The van der Waals surface area contributed by atoms with Crippen LogP contribution in [0.25, 0.3) is 10.3 Å². The first kappa shape index (κ1) is 21.1. The Kier molecular flexibility index (Phi) is 5.27. The summed E-state index contributed by atoms with van der Waals surface area (Å²) in [5, 5.41) is 0.391. The van der Waals surface area contributed by atoms with Crippen molar-refractivity contribution in [3.63, 3.8) is 0 Å². The Balaban J connectivity index is 1.44. The van der Waals surface area contributed by atoms with Crippen LogP contribution in [0.3, 0.4) is 0 Å². The van der Waals surface area contributed by atoms with Gasteiger partial charge in [-0.3, -0.25) is 14.2 Å². The third-order valence-corrected chi connectivity index (χ3v) is 6.98. The first-order valence-electron chi connectivity index (χ1n) is 10.7. The van der Waals surface area contributed by atoms with Gasteiger partial charge in [0.05, 0.1) is 6.04 Å². The molecule has 5 rings (SSSR count). The highest BCUT2D eigenvalue weighted by Gasteiger charge is 2.42. The maximum atomic E-state index is 13.6. The van der Waals surface area contributed by atoms with Gasteiger partial charge in [-0.1, -0.05) is 41.7 Å². The zero-order valence-corrected chi connectivity index (χ0v) is 18.0. The number of halogens is 3. The average Bonchev–Trinajstić information content (AvgIpc) is 3.31. The molecule has 1 saturated heterocycles. The molecular formula is C22H21F3N4O2S. The molecular weight excluding hydrogens is 441 g/mol. The van der Waals surface area contributed by atoms with E-state index in [1.165, 1.54) is 0 Å². The fraction of sp³-hybridized carbons (Fsp3) is 0.455. The second-order valence-electron chi connectivity index (χ2n) is 8.29. The molecule has 0 bridgehead atoms. The van der Waals surface area contributed by atoms with Gasteiger partial charge in [-0.25, -0.2) is 9.97 Å². The van der Waals surface area contributed by atoms with E-state index >= 15 is 0 Å². The van der Waals surface area contributed by atoms with Crippen LogP contribution in [-0.2, 0) is 17.4 Å². The molecule has 1 saturated carbocycles. The summed E-state index contributed by atoms with van der Waals surface area (Å²) in [5.74, 6) is -1.09. The fourth-order valence-electron chi connectivity index (χ4n) is 4.28. The van der Waals surface area contributed by atoms with Crippen molar-refractivity contribution in [2.75, 3.05) is 11.4 Å². The van der Waals surface area contributed by atoms with Crippen LogP contribution >= 0.6 is 11.3 Å². The van der Waals surface area contributed by atoms with Gasteiger partial charge in [0.25, 0.3) is 5.56 Å². The van der Waals surface area contributed by atoms with Crippen molar-refractivity contribution in [3.05, 3.63) is 52.1 Å². The van der Waals surface area contributed by atoms with E-state index in [0.29, 0.717) is 43.8 Å². The number of hydrogen-bond donors (Lipinski definition) is 0. The van der Waals surface area contributed by atoms with Crippen LogP contribution in [0.2, 0.25) is 0 Å². The highest BCUT2D eigenvalue weighted by atomic mass is 32.1. The van der Waals surface area contributed by atoms with Crippen LogP contribution in [0, 0.1) is 0 Å². The van der Waals surface area contributed by atoms with Gasteiger partial charge < -0.3 is 4.90 Å². The molecule has 0 amide bonds. The van der Waals surface area contributed by atoms with Gasteiger partial charge in [-0.15, -0.1) is 0 Å². The van der Waals surface area contributed by atoms with Crippen LogP contribution in [-0.4, -0.2) is 32.9 Å². The molecule has 1 atom stereocenters. The van der Waals surface area contributed by atoms with Crippen LogP contribution in [0.5, 0.6) is 0 Å². The fourth-order valence-corrected chi connectivity index (χ4v) is 5.29. The van der Waals surface area contributed by atoms with Gasteiger partial charge in [-0.2, -0.15) is 13.2 Å². The Morgan fingerprint density at radius 2 is 1.88 bits per heavy atom. The summed E-state index contributed by atoms with van der Waals surface area (Å²) in [6.45, 7) is 0.574. The highest BCUT2D eigenvalue weighted by Crippen LogP contribution is 2.40. The van der Waals surface area contributed by atoms with E-state index in [1.54, 1.807) is 0 Å². The van der Waals surface area contributed by atoms with Crippen LogP contribution in [0.15, 0.2) is 35.1 Å². The molecule has 2 fully saturated rings. The molecule has 1 aliphatic carbocycles. The summed E-state index contributed by atoms with van der Waals surface area (Å²) in [4.78, 5) is 35.7. The smallest absolute Gasteiger partial charge is 0.338 e. The molecule has 3 heterocycles. The van der Waals surface area contributed by atoms with E-state index in [0.717, 1.165) is 27.9 Å². The van der Waals surface area contributed by atoms with Crippen molar-refractivity contribution in [2.24, 2.45) is 0 Å². The second-order valence-corrected chi connectivity index (χ2v) is 9.25. The van der Waals surface area contributed by atoms with Crippen molar-refractivity contribution < 1.29 is 18.0 Å². The number of Topliss-reactive ketones (excluding diaryl/α,β-unsaturated/α-hetero) is 1. The Bertz CT molecular complexity index is 1220. The summed E-state index contributed by atoms with van der Waals surface area (Å²) in [6, 6.07) is 8.88. The Hall–Kier alpha value is -2.75. The van der Waals surface area contributed by atoms with Crippen LogP contribution < -0.4 is 10.5 Å². The van der Waals surface area contributed by atoms with E-state index in [-0.39, 0.29) is 22.2 Å². The first-order chi connectivity index (χ1) is 15.3. The Morgan fingerprint density at radius 3 is 2.56 bits per heavy atom. The van der Waals surface area contributed by atoms with E-state index < -0.39 is 23.6 Å². The highest BCUT2D eigenvalue weighted by molar-refractivity contribution is 7.21. The van der Waals surface area contributed by atoms with Crippen LogP contribution in [0.1, 0.15) is 49.5 Å². The van der Waals surface area contributed by atoms with Gasteiger partial charge in [0.2, 0.25) is 5.82 Å². The molecule has 0 spiro atoms. The molecule has 2 aromatic heterocycles. The SMILES string of the molecule is O=C(CCc1ccccc1)[C@H]1CCCN1c1nc2c(=O)n(C3CC3)c(C(F)(F)F)nc2s1. The number of fused-ring (bicyclic) bond motifs is 1. The molecule has 168 valence electrons. The quantitative estimate of drug-likeness (QED) is 0.544. The van der Waals surface area contributed by atoms with Gasteiger partial charge >= 0.3 is 6.18 Å². The molecule has 1 aliphatic heterocycles. The molecule has 2 aliphatic rings. The predicted molar refractivity (Wildman–Crippen MR) is 115 cm³/mol. The largest absolute Gasteiger partial charge is 0.449 e. The number of nitrogens with zero attached hydrogens (tertiary/aromatic N) is 4. The lowest BCUT2D eigenvalue weighted by Gasteiger charge is -2.22. The Morgan fingerprint density at radius 1 is 1.12 bits per heavy atom. The number of aryl methyl sites for hydroxylation is 1. The second kappa shape index (κ2) is 7.99. The lowest BCUT2D eigenvalue weighted by molar-refractivity contribution is -0.148. The Labute approximate surface area is 185 Å². The number of aromatic nitrogens is 3. The molecule has 32 heavy (non-hydrogen) atoms. The lowest BCUT2D eigenvalue weighted by atomic mass is 10.0. The zero-order chi connectivity index (χ0) is 22.5. The maximum absolute atomic E-state index is 13.6. The summed E-state index contributed by atoms with van der Waals surface area (Å²) in [6.07, 6.45) is -1.21. The van der Waals surface area contributed by atoms with Gasteiger partial charge in [0, 0.05) is 19.0 Å². The number of benzene rings is 1. The number of alkyl halides is 3. The molecule has 3 aromatic rings. The summed E-state index contributed by atoms with van der Waals surface area (Å²) < 4.78 is 41.4. The van der Waals surface area contributed by atoms with E-state index in [4.69, 9.17) is 0 Å². The molecule has 6 nitrogen and oxygen atoms in total. The lowest BCUT2D eigenvalue weighted by Crippen LogP contribution is -2.36. The maximum Gasteiger partial charge on any atom is 0.449 e. The zero-order valence-electron chi connectivity index (χ0n) is 17.1. The monoisotopic (exact) mass is 462 g/mol. The predicted octanol–water partition coefficient (Wildman–Crippen LogP) is 4.38. The minimum Gasteiger partial charge on any atom is -0.338 e. The number of thiazole rings is 1. The molecule has 0 unspecified atom stereocenters. The van der Waals surface area contributed by atoms with Crippen molar-refractivity contribution in [2.45, 2.75) is 56.8 Å². The summed E-state index contributed by atoms with van der Waals surface area (Å²) in [5.41, 5.74) is 0.278. The minimum atomic E-state index is -4.72. The summed E-state index contributed by atoms with van der Waals surface area (Å²) >= 11 is 0.954. The third-order valence-electron chi connectivity index (χ3n) is 5.99. The number of rotatable bonds is 6. The van der Waals surface area contributed by atoms with E-state index in [1.807, 2.05) is 35.2 Å². The average molecular weight is 462 g/mol.